The first-order chi connectivity index (χ1) is 27.7. The smallest absolute Gasteiger partial charge is 0.462 e. The van der Waals surface area contributed by atoms with Crippen molar-refractivity contribution in [3.63, 3.8) is 0 Å². The zero-order valence-electron chi connectivity index (χ0n) is 35.5. The monoisotopic (exact) mass is 822 g/mol. The molecule has 2 atom stereocenters. The molecule has 11 nitrogen and oxygen atoms in total. The molecule has 1 aliphatic heterocycles. The summed E-state index contributed by atoms with van der Waals surface area (Å²) >= 11 is 0. The van der Waals surface area contributed by atoms with Crippen LogP contribution < -0.4 is 0 Å². The molecule has 1 aromatic rings. The van der Waals surface area contributed by atoms with Crippen LogP contribution in [0.25, 0.3) is 0 Å². The van der Waals surface area contributed by atoms with Crippen molar-refractivity contribution < 1.29 is 47.2 Å². The van der Waals surface area contributed by atoms with E-state index in [0.29, 0.717) is 12.8 Å². The summed E-state index contributed by atoms with van der Waals surface area (Å²) in [6.45, 7) is 2.91. The first-order valence-electron chi connectivity index (χ1n) is 22.6. The lowest BCUT2D eigenvalue weighted by molar-refractivity contribution is -0.161. The van der Waals surface area contributed by atoms with Gasteiger partial charge in [-0.15, -0.1) is 0 Å². The van der Waals surface area contributed by atoms with Gasteiger partial charge in [0.25, 0.3) is 11.8 Å². The standard InChI is InChI=1S/C45H76NO10P/c1-3-5-7-9-11-13-15-17-19-21-23-25-27-33-42(47)53-37-39(56-43(48)34-28-26-24-22-20-18-16-14-12-10-8-6-4-2)38-55-57(51,52)54-36-35-46-44(49)40-31-29-30-32-41(40)45(46)50/h29-32,39H,3-28,33-38H2,1-2H3,(H,51,52)/t39-/m1/s1. The fourth-order valence-electron chi connectivity index (χ4n) is 7.10. The Bertz CT molecular complexity index is 1270. The largest absolute Gasteiger partial charge is 0.472 e. The Morgan fingerprint density at radius 1 is 0.579 bits per heavy atom. The molecular formula is C45H76NO10P. The molecule has 2 amide bonds. The molecule has 0 bridgehead atoms. The molecule has 2 rings (SSSR count). The van der Waals surface area contributed by atoms with E-state index in [9.17, 15) is 28.6 Å². The number of hydrogen-bond acceptors (Lipinski definition) is 9. The van der Waals surface area contributed by atoms with Crippen molar-refractivity contribution in [2.75, 3.05) is 26.4 Å². The number of hydrogen-bond donors (Lipinski definition) is 1. The third-order valence-electron chi connectivity index (χ3n) is 10.6. The quantitative estimate of drug-likeness (QED) is 0.0296. The van der Waals surface area contributed by atoms with Crippen molar-refractivity contribution in [3.05, 3.63) is 35.4 Å². The molecule has 0 saturated carbocycles. The summed E-state index contributed by atoms with van der Waals surface area (Å²) in [5.74, 6) is -1.95. The Morgan fingerprint density at radius 2 is 0.965 bits per heavy atom. The molecule has 326 valence electrons. The van der Waals surface area contributed by atoms with E-state index in [0.717, 1.165) is 43.4 Å². The Hall–Kier alpha value is -2.59. The normalized spacial score (nSPS) is 14.1. The lowest BCUT2D eigenvalue weighted by atomic mass is 10.0. The van der Waals surface area contributed by atoms with Gasteiger partial charge in [0.2, 0.25) is 0 Å². The Labute approximate surface area is 344 Å². The van der Waals surface area contributed by atoms with Crippen LogP contribution in [0.2, 0.25) is 0 Å². The minimum absolute atomic E-state index is 0.175. The molecule has 0 saturated heterocycles. The van der Waals surface area contributed by atoms with Crippen LogP contribution in [-0.4, -0.2) is 66.0 Å². The number of carbonyl (C=O) groups is 4. The number of nitrogens with zero attached hydrogens (tertiary/aromatic N) is 1. The molecule has 0 fully saturated rings. The van der Waals surface area contributed by atoms with Gasteiger partial charge in [-0.25, -0.2) is 4.57 Å². The first-order valence-corrected chi connectivity index (χ1v) is 24.1. The summed E-state index contributed by atoms with van der Waals surface area (Å²) in [6.07, 6.45) is 30.3. The summed E-state index contributed by atoms with van der Waals surface area (Å²) in [4.78, 5) is 61.8. The molecule has 12 heteroatoms. The zero-order valence-corrected chi connectivity index (χ0v) is 36.4. The van der Waals surface area contributed by atoms with Gasteiger partial charge in [-0.1, -0.05) is 180 Å². The van der Waals surface area contributed by atoms with Crippen molar-refractivity contribution in [2.24, 2.45) is 0 Å². The number of carbonyl (C=O) groups excluding carboxylic acids is 4. The van der Waals surface area contributed by atoms with E-state index >= 15 is 0 Å². The van der Waals surface area contributed by atoms with Crippen LogP contribution in [0.1, 0.15) is 214 Å². The number of ether oxygens (including phenoxy) is 2. The fourth-order valence-corrected chi connectivity index (χ4v) is 7.84. The lowest BCUT2D eigenvalue weighted by Crippen LogP contribution is -2.33. The molecule has 0 aliphatic carbocycles. The summed E-state index contributed by atoms with van der Waals surface area (Å²) in [5.41, 5.74) is 0.524. The molecule has 1 aromatic carbocycles. The van der Waals surface area contributed by atoms with E-state index in [-0.39, 0.29) is 37.1 Å². The Balaban J connectivity index is 1.70. The van der Waals surface area contributed by atoms with Gasteiger partial charge in [0.15, 0.2) is 6.10 Å². The summed E-state index contributed by atoms with van der Waals surface area (Å²) in [6, 6.07) is 6.39. The summed E-state index contributed by atoms with van der Waals surface area (Å²) in [5, 5.41) is 0. The van der Waals surface area contributed by atoms with E-state index in [4.69, 9.17) is 18.5 Å². The number of imide groups is 1. The SMILES string of the molecule is CCCCCCCCCCCCCCCC(=O)OC[C@H](COP(=O)(O)OCCN1C(=O)c2ccccc2C1=O)OC(=O)CCCCCCCCCCCCCCC. The van der Waals surface area contributed by atoms with E-state index in [1.807, 2.05) is 0 Å². The van der Waals surface area contributed by atoms with E-state index < -0.39 is 50.9 Å². The fraction of sp³-hybridized carbons (Fsp3) is 0.778. The minimum atomic E-state index is -4.68. The highest BCUT2D eigenvalue weighted by molar-refractivity contribution is 7.47. The highest BCUT2D eigenvalue weighted by atomic mass is 31.2. The molecule has 1 N–H and O–H groups in total. The van der Waals surface area contributed by atoms with Crippen LogP contribution in [-0.2, 0) is 32.7 Å². The Morgan fingerprint density at radius 3 is 1.39 bits per heavy atom. The van der Waals surface area contributed by atoms with Crippen LogP contribution in [0.3, 0.4) is 0 Å². The third-order valence-corrected chi connectivity index (χ3v) is 11.6. The average Bonchev–Trinajstić information content (AvgIpc) is 3.44. The minimum Gasteiger partial charge on any atom is -0.462 e. The number of unbranched alkanes of at least 4 members (excludes halogenated alkanes) is 24. The first kappa shape index (κ1) is 50.6. The van der Waals surface area contributed by atoms with Crippen molar-refractivity contribution in [1.82, 2.24) is 4.90 Å². The number of fused-ring (bicyclic) bond motifs is 1. The number of rotatable bonds is 38. The number of phosphoric acid groups is 1. The van der Waals surface area contributed by atoms with Crippen molar-refractivity contribution >= 4 is 31.6 Å². The van der Waals surface area contributed by atoms with Gasteiger partial charge in [0.1, 0.15) is 6.61 Å². The maximum Gasteiger partial charge on any atom is 0.472 e. The second-order valence-corrected chi connectivity index (χ2v) is 17.1. The van der Waals surface area contributed by atoms with Gasteiger partial charge in [-0.3, -0.25) is 33.1 Å². The number of benzene rings is 1. The molecular weight excluding hydrogens is 745 g/mol. The van der Waals surface area contributed by atoms with Gasteiger partial charge in [-0.2, -0.15) is 0 Å². The molecule has 1 aliphatic rings. The van der Waals surface area contributed by atoms with Crippen LogP contribution in [0.4, 0.5) is 0 Å². The van der Waals surface area contributed by atoms with Gasteiger partial charge < -0.3 is 14.4 Å². The van der Waals surface area contributed by atoms with E-state index in [1.165, 1.54) is 116 Å². The average molecular weight is 822 g/mol. The maximum absolute atomic E-state index is 12.8. The van der Waals surface area contributed by atoms with Crippen LogP contribution in [0, 0.1) is 0 Å². The second kappa shape index (κ2) is 32.3. The number of esters is 2. The Kier molecular flexibility index (Phi) is 28.6. The molecule has 57 heavy (non-hydrogen) atoms. The number of amides is 2. The van der Waals surface area contributed by atoms with Crippen LogP contribution in [0.15, 0.2) is 24.3 Å². The van der Waals surface area contributed by atoms with Gasteiger partial charge >= 0.3 is 19.8 Å². The highest BCUT2D eigenvalue weighted by Gasteiger charge is 2.35. The lowest BCUT2D eigenvalue weighted by Gasteiger charge is -2.20. The zero-order chi connectivity index (χ0) is 41.4. The molecule has 0 aromatic heterocycles. The van der Waals surface area contributed by atoms with Crippen molar-refractivity contribution in [2.45, 2.75) is 200 Å². The topological polar surface area (TPSA) is 146 Å². The van der Waals surface area contributed by atoms with Crippen LogP contribution in [0.5, 0.6) is 0 Å². The second-order valence-electron chi connectivity index (χ2n) is 15.7. The predicted molar refractivity (Wildman–Crippen MR) is 225 cm³/mol. The number of phosphoric ester groups is 1. The van der Waals surface area contributed by atoms with Gasteiger partial charge in [0.05, 0.1) is 30.9 Å². The summed E-state index contributed by atoms with van der Waals surface area (Å²) < 4.78 is 33.9. The van der Waals surface area contributed by atoms with Crippen LogP contribution >= 0.6 is 7.82 Å². The van der Waals surface area contributed by atoms with Gasteiger partial charge in [0, 0.05) is 12.8 Å². The molecule has 0 spiro atoms. The maximum atomic E-state index is 12.8. The highest BCUT2D eigenvalue weighted by Crippen LogP contribution is 2.43. The molecule has 1 unspecified atom stereocenters. The third kappa shape index (κ3) is 24.2. The van der Waals surface area contributed by atoms with E-state index in [1.54, 1.807) is 24.3 Å². The van der Waals surface area contributed by atoms with Crippen molar-refractivity contribution in [3.8, 4) is 0 Å². The van der Waals surface area contributed by atoms with E-state index in [2.05, 4.69) is 13.8 Å². The molecule has 0 radical (unpaired) electrons. The summed E-state index contributed by atoms with van der Waals surface area (Å²) in [7, 11) is -4.68. The molecule has 1 heterocycles. The van der Waals surface area contributed by atoms with Crippen molar-refractivity contribution in [1.29, 1.82) is 0 Å². The van der Waals surface area contributed by atoms with Gasteiger partial charge in [-0.05, 0) is 25.0 Å². The predicted octanol–water partition coefficient (Wildman–Crippen LogP) is 11.8.